The van der Waals surface area contributed by atoms with Crippen molar-refractivity contribution in [2.45, 2.75) is 12.5 Å². The van der Waals surface area contributed by atoms with Crippen LogP contribution in [0, 0.1) is 0 Å². The van der Waals surface area contributed by atoms with Gasteiger partial charge in [0.25, 0.3) is 0 Å². The Labute approximate surface area is 96.8 Å². The van der Waals surface area contributed by atoms with Crippen molar-refractivity contribution >= 4 is 15.9 Å². The van der Waals surface area contributed by atoms with Crippen molar-refractivity contribution in [2.75, 3.05) is 13.7 Å². The fraction of sp³-hybridized carbons (Fsp3) is 0.400. The molecule has 1 atom stereocenters. The van der Waals surface area contributed by atoms with Crippen molar-refractivity contribution < 1.29 is 14.9 Å². The number of halogens is 1. The zero-order valence-electron chi connectivity index (χ0n) is 8.40. The number of nitrogens with two attached hydrogens (primary N) is 1. The van der Waals surface area contributed by atoms with E-state index in [0.717, 1.165) is 10.0 Å². The van der Waals surface area contributed by atoms with Crippen LogP contribution < -0.4 is 10.5 Å². The molecule has 5 heteroatoms. The fourth-order valence-electron chi connectivity index (χ4n) is 1.24. The van der Waals surface area contributed by atoms with Crippen molar-refractivity contribution in [3.63, 3.8) is 0 Å². The maximum absolute atomic E-state index is 9.46. The summed E-state index contributed by atoms with van der Waals surface area (Å²) < 4.78 is 5.70. The van der Waals surface area contributed by atoms with Crippen LogP contribution in [0.2, 0.25) is 0 Å². The van der Waals surface area contributed by atoms with Gasteiger partial charge in [-0.3, -0.25) is 0 Å². The lowest BCUT2D eigenvalue weighted by Gasteiger charge is -2.12. The lowest BCUT2D eigenvalue weighted by molar-refractivity contribution is 0.183. The summed E-state index contributed by atoms with van der Waals surface area (Å²) in [5, 5.41) is 18.9. The fourth-order valence-corrected chi connectivity index (χ4v) is 1.74. The van der Waals surface area contributed by atoms with Crippen molar-refractivity contribution in [1.29, 1.82) is 0 Å². The van der Waals surface area contributed by atoms with E-state index in [1.165, 1.54) is 13.2 Å². The number of aliphatic hydroxyl groups is 1. The summed E-state index contributed by atoms with van der Waals surface area (Å²) in [6.45, 7) is 0.204. The van der Waals surface area contributed by atoms with E-state index in [1.54, 1.807) is 6.07 Å². The van der Waals surface area contributed by atoms with Gasteiger partial charge in [0, 0.05) is 17.4 Å². The van der Waals surface area contributed by atoms with E-state index in [2.05, 4.69) is 15.9 Å². The molecule has 1 unspecified atom stereocenters. The second kappa shape index (κ2) is 5.34. The summed E-state index contributed by atoms with van der Waals surface area (Å²) in [5.41, 5.74) is 6.17. The van der Waals surface area contributed by atoms with E-state index in [4.69, 9.17) is 10.5 Å². The van der Waals surface area contributed by atoms with Gasteiger partial charge in [0.15, 0.2) is 11.5 Å². The topological polar surface area (TPSA) is 75.7 Å². The third-order valence-corrected chi connectivity index (χ3v) is 2.81. The van der Waals surface area contributed by atoms with Crippen LogP contribution in [-0.4, -0.2) is 30.0 Å². The Morgan fingerprint density at radius 1 is 1.53 bits per heavy atom. The monoisotopic (exact) mass is 275 g/mol. The first kappa shape index (κ1) is 12.3. The molecular formula is C10H14BrNO3. The zero-order valence-corrected chi connectivity index (χ0v) is 9.99. The minimum atomic E-state index is -0.587. The largest absolute Gasteiger partial charge is 0.504 e. The summed E-state index contributed by atoms with van der Waals surface area (Å²) in [6, 6.07) is 3.22. The number of methoxy groups -OCH3 is 1. The summed E-state index contributed by atoms with van der Waals surface area (Å²) >= 11 is 3.30. The number of aromatic hydroxyl groups is 1. The van der Waals surface area contributed by atoms with Gasteiger partial charge in [-0.05, 0) is 17.7 Å². The first-order valence-corrected chi connectivity index (χ1v) is 5.31. The van der Waals surface area contributed by atoms with Crippen LogP contribution in [0.15, 0.2) is 16.6 Å². The Hall–Kier alpha value is -0.780. The number of ether oxygens (including phenoxy) is 1. The molecule has 0 fully saturated rings. The Balaban J connectivity index is 2.97. The normalized spacial score (nSPS) is 12.5. The Morgan fingerprint density at radius 3 is 2.73 bits per heavy atom. The van der Waals surface area contributed by atoms with Crippen LogP contribution in [0.25, 0.3) is 0 Å². The van der Waals surface area contributed by atoms with Gasteiger partial charge in [-0.2, -0.15) is 0 Å². The number of benzene rings is 1. The second-order valence-corrected chi connectivity index (χ2v) is 4.06. The van der Waals surface area contributed by atoms with Gasteiger partial charge < -0.3 is 20.7 Å². The van der Waals surface area contributed by atoms with Crippen molar-refractivity contribution in [1.82, 2.24) is 0 Å². The lowest BCUT2D eigenvalue weighted by atomic mass is 10.1. The van der Waals surface area contributed by atoms with E-state index < -0.39 is 6.10 Å². The minimum Gasteiger partial charge on any atom is -0.504 e. The molecule has 1 aromatic rings. The summed E-state index contributed by atoms with van der Waals surface area (Å²) in [6.07, 6.45) is -0.163. The summed E-state index contributed by atoms with van der Waals surface area (Å²) in [5.74, 6) is 0.452. The van der Waals surface area contributed by atoms with Crippen molar-refractivity contribution in [3.8, 4) is 11.5 Å². The van der Waals surface area contributed by atoms with Crippen LogP contribution in [0.1, 0.15) is 5.56 Å². The van der Waals surface area contributed by atoms with E-state index in [1.807, 2.05) is 0 Å². The van der Waals surface area contributed by atoms with Gasteiger partial charge in [-0.15, -0.1) is 0 Å². The number of hydrogen-bond donors (Lipinski definition) is 3. The summed E-state index contributed by atoms with van der Waals surface area (Å²) in [4.78, 5) is 0. The number of rotatable bonds is 4. The quantitative estimate of drug-likeness (QED) is 0.767. The highest BCUT2D eigenvalue weighted by atomic mass is 79.9. The molecule has 4 nitrogen and oxygen atoms in total. The van der Waals surface area contributed by atoms with Gasteiger partial charge >= 0.3 is 0 Å². The van der Waals surface area contributed by atoms with Crippen LogP contribution in [0.3, 0.4) is 0 Å². The average molecular weight is 276 g/mol. The number of phenols is 1. The third kappa shape index (κ3) is 3.09. The molecule has 0 amide bonds. The van der Waals surface area contributed by atoms with Gasteiger partial charge in [0.05, 0.1) is 13.2 Å². The molecule has 0 bridgehead atoms. The molecular weight excluding hydrogens is 262 g/mol. The molecule has 4 N–H and O–H groups in total. The van der Waals surface area contributed by atoms with Crippen LogP contribution >= 0.6 is 15.9 Å². The molecule has 0 aliphatic rings. The van der Waals surface area contributed by atoms with E-state index >= 15 is 0 Å². The predicted molar refractivity (Wildman–Crippen MR) is 61.1 cm³/mol. The molecule has 1 rings (SSSR count). The van der Waals surface area contributed by atoms with Gasteiger partial charge in [0.1, 0.15) is 0 Å². The minimum absolute atomic E-state index is 0.0652. The van der Waals surface area contributed by atoms with E-state index in [9.17, 15) is 10.2 Å². The van der Waals surface area contributed by atoms with Gasteiger partial charge in [0.2, 0.25) is 0 Å². The molecule has 0 aliphatic carbocycles. The Kier molecular flexibility index (Phi) is 4.38. The third-order valence-electron chi connectivity index (χ3n) is 2.08. The zero-order chi connectivity index (χ0) is 11.4. The number of aliphatic hydroxyl groups excluding tert-OH is 1. The smallest absolute Gasteiger partial charge is 0.160 e. The van der Waals surface area contributed by atoms with Gasteiger partial charge in [-0.1, -0.05) is 15.9 Å². The molecule has 15 heavy (non-hydrogen) atoms. The predicted octanol–water partition coefficient (Wildman–Crippen LogP) is 1.03. The van der Waals surface area contributed by atoms with Gasteiger partial charge in [-0.25, -0.2) is 0 Å². The van der Waals surface area contributed by atoms with Crippen LogP contribution in [0.4, 0.5) is 0 Å². The molecule has 0 heterocycles. The first-order valence-electron chi connectivity index (χ1n) is 4.52. The highest BCUT2D eigenvalue weighted by molar-refractivity contribution is 9.10. The maximum Gasteiger partial charge on any atom is 0.160 e. The molecule has 0 aromatic heterocycles. The van der Waals surface area contributed by atoms with Crippen LogP contribution in [0.5, 0.6) is 11.5 Å². The van der Waals surface area contributed by atoms with E-state index in [-0.39, 0.29) is 12.3 Å². The Morgan fingerprint density at radius 2 is 2.20 bits per heavy atom. The Bertz CT molecular complexity index is 344. The van der Waals surface area contributed by atoms with E-state index in [0.29, 0.717) is 12.2 Å². The standard InChI is InChI=1S/C10H14BrNO3/c1-15-10-3-6(2-7(13)5-12)8(11)4-9(10)14/h3-4,7,13-14H,2,5,12H2,1H3. The molecule has 0 saturated carbocycles. The molecule has 84 valence electrons. The summed E-state index contributed by atoms with van der Waals surface area (Å²) in [7, 11) is 1.48. The lowest BCUT2D eigenvalue weighted by Crippen LogP contribution is -2.22. The highest BCUT2D eigenvalue weighted by Gasteiger charge is 2.11. The molecule has 0 saturated heterocycles. The number of phenolic OH excluding ortho intramolecular Hbond substituents is 1. The molecule has 0 spiro atoms. The first-order chi connectivity index (χ1) is 7.08. The number of hydrogen-bond acceptors (Lipinski definition) is 4. The molecule has 1 aromatic carbocycles. The van der Waals surface area contributed by atoms with Crippen molar-refractivity contribution in [3.05, 3.63) is 22.2 Å². The molecule has 0 radical (unpaired) electrons. The second-order valence-electron chi connectivity index (χ2n) is 3.21. The van der Waals surface area contributed by atoms with Crippen LogP contribution in [-0.2, 0) is 6.42 Å². The average Bonchev–Trinajstić information content (AvgIpc) is 2.21. The maximum atomic E-state index is 9.46. The molecule has 0 aliphatic heterocycles. The highest BCUT2D eigenvalue weighted by Crippen LogP contribution is 2.32. The SMILES string of the molecule is COc1cc(CC(O)CN)c(Br)cc1O. The van der Waals surface area contributed by atoms with Crippen molar-refractivity contribution in [2.24, 2.45) is 5.73 Å².